The van der Waals surface area contributed by atoms with Crippen molar-refractivity contribution in [3.63, 3.8) is 0 Å². The average molecular weight is 298 g/mol. The Labute approximate surface area is 121 Å². The quantitative estimate of drug-likeness (QED) is 0.670. The molecule has 1 aliphatic rings. The van der Waals surface area contributed by atoms with E-state index < -0.39 is 11.7 Å². The van der Waals surface area contributed by atoms with Gasteiger partial charge in [-0.1, -0.05) is 37.5 Å². The van der Waals surface area contributed by atoms with Crippen molar-refractivity contribution in [3.05, 3.63) is 35.4 Å². The Hall–Kier alpha value is -1.85. The molecular formula is C15H17F3N2O. The molecule has 0 bridgehead atoms. The zero-order valence-electron chi connectivity index (χ0n) is 11.5. The third-order valence-corrected chi connectivity index (χ3v) is 3.62. The first-order valence-electron chi connectivity index (χ1n) is 6.97. The molecule has 21 heavy (non-hydrogen) atoms. The van der Waals surface area contributed by atoms with Gasteiger partial charge in [0.15, 0.2) is 0 Å². The van der Waals surface area contributed by atoms with E-state index in [0.29, 0.717) is 0 Å². The first-order valence-corrected chi connectivity index (χ1v) is 6.97. The lowest BCUT2D eigenvalue weighted by molar-refractivity contribution is -0.137. The molecule has 1 aliphatic carbocycles. The van der Waals surface area contributed by atoms with E-state index in [1.165, 1.54) is 18.2 Å². The number of rotatable bonds is 3. The summed E-state index contributed by atoms with van der Waals surface area (Å²) in [5.74, 6) is -0.288. The van der Waals surface area contributed by atoms with Crippen molar-refractivity contribution in [2.24, 2.45) is 11.0 Å². The van der Waals surface area contributed by atoms with Gasteiger partial charge in [0.25, 0.3) is 0 Å². The first kappa shape index (κ1) is 15.5. The molecule has 0 heterocycles. The van der Waals surface area contributed by atoms with E-state index in [1.807, 2.05) is 0 Å². The molecular weight excluding hydrogens is 281 g/mol. The zero-order chi connectivity index (χ0) is 15.3. The van der Waals surface area contributed by atoms with Crippen LogP contribution in [0.4, 0.5) is 13.2 Å². The Morgan fingerprint density at radius 1 is 1.19 bits per heavy atom. The minimum atomic E-state index is -4.43. The van der Waals surface area contributed by atoms with Crippen LogP contribution in [-0.4, -0.2) is 12.1 Å². The van der Waals surface area contributed by atoms with E-state index in [-0.39, 0.29) is 17.4 Å². The molecule has 1 saturated carbocycles. The van der Waals surface area contributed by atoms with E-state index in [0.717, 1.165) is 44.4 Å². The van der Waals surface area contributed by atoms with Crippen molar-refractivity contribution >= 4 is 12.1 Å². The number of benzene rings is 1. The number of hydrogen-bond donors (Lipinski definition) is 1. The van der Waals surface area contributed by atoms with Gasteiger partial charge in [0.05, 0.1) is 11.8 Å². The van der Waals surface area contributed by atoms with Gasteiger partial charge in [-0.3, -0.25) is 4.79 Å². The van der Waals surface area contributed by atoms with Crippen LogP contribution in [0, 0.1) is 5.92 Å². The Kier molecular flexibility index (Phi) is 4.98. The van der Waals surface area contributed by atoms with Crippen LogP contribution in [0.3, 0.4) is 0 Å². The maximum atomic E-state index is 12.8. The number of nitrogens with one attached hydrogen (secondary N) is 1. The van der Waals surface area contributed by atoms with E-state index in [2.05, 4.69) is 10.5 Å². The van der Waals surface area contributed by atoms with Gasteiger partial charge >= 0.3 is 6.18 Å². The molecule has 1 aromatic rings. The minimum Gasteiger partial charge on any atom is -0.273 e. The highest BCUT2D eigenvalue weighted by molar-refractivity contribution is 5.84. The molecule has 0 spiro atoms. The molecule has 1 amide bonds. The number of hydrogen-bond acceptors (Lipinski definition) is 2. The Morgan fingerprint density at radius 3 is 2.52 bits per heavy atom. The van der Waals surface area contributed by atoms with Crippen molar-refractivity contribution in [2.45, 2.75) is 38.3 Å². The van der Waals surface area contributed by atoms with Gasteiger partial charge in [-0.2, -0.15) is 18.3 Å². The molecule has 0 aromatic heterocycles. The summed E-state index contributed by atoms with van der Waals surface area (Å²) in [6.07, 6.45) is 1.41. The lowest BCUT2D eigenvalue weighted by atomic mass is 9.89. The summed E-state index contributed by atoms with van der Waals surface area (Å²) in [7, 11) is 0. The maximum absolute atomic E-state index is 12.8. The van der Waals surface area contributed by atoms with Gasteiger partial charge in [0.1, 0.15) is 0 Å². The number of alkyl halides is 3. The van der Waals surface area contributed by atoms with Crippen LogP contribution in [-0.2, 0) is 11.0 Å². The van der Waals surface area contributed by atoms with Crippen LogP contribution < -0.4 is 5.43 Å². The summed E-state index contributed by atoms with van der Waals surface area (Å²) >= 11 is 0. The van der Waals surface area contributed by atoms with E-state index in [9.17, 15) is 18.0 Å². The third kappa shape index (κ3) is 4.31. The monoisotopic (exact) mass is 298 g/mol. The van der Waals surface area contributed by atoms with Crippen molar-refractivity contribution in [1.29, 1.82) is 0 Å². The molecule has 6 heteroatoms. The van der Waals surface area contributed by atoms with Crippen LogP contribution in [0.5, 0.6) is 0 Å². The number of amides is 1. The first-order chi connectivity index (χ1) is 9.98. The zero-order valence-corrected chi connectivity index (χ0v) is 11.5. The largest absolute Gasteiger partial charge is 0.417 e. The summed E-state index contributed by atoms with van der Waals surface area (Å²) in [6, 6.07) is 5.13. The van der Waals surface area contributed by atoms with Crippen LogP contribution in [0.1, 0.15) is 43.2 Å². The number of carbonyl (C=O) groups is 1. The summed E-state index contributed by atoms with van der Waals surface area (Å²) in [5, 5.41) is 3.67. The van der Waals surface area contributed by atoms with Gasteiger partial charge < -0.3 is 0 Å². The molecule has 1 N–H and O–H groups in total. The van der Waals surface area contributed by atoms with Crippen molar-refractivity contribution in [1.82, 2.24) is 5.43 Å². The fourth-order valence-electron chi connectivity index (χ4n) is 2.49. The Morgan fingerprint density at radius 2 is 1.86 bits per heavy atom. The number of halogens is 3. The highest BCUT2D eigenvalue weighted by Crippen LogP contribution is 2.31. The summed E-state index contributed by atoms with van der Waals surface area (Å²) in [5.41, 5.74) is 1.52. The topological polar surface area (TPSA) is 41.5 Å². The Bertz CT molecular complexity index is 520. The lowest BCUT2D eigenvalue weighted by Gasteiger charge is -2.19. The molecule has 0 saturated heterocycles. The smallest absolute Gasteiger partial charge is 0.273 e. The van der Waals surface area contributed by atoms with Gasteiger partial charge in [-0.05, 0) is 18.9 Å². The van der Waals surface area contributed by atoms with Gasteiger partial charge in [-0.25, -0.2) is 5.43 Å². The van der Waals surface area contributed by atoms with Crippen LogP contribution in [0.25, 0.3) is 0 Å². The highest BCUT2D eigenvalue weighted by atomic mass is 19.4. The SMILES string of the molecule is O=C(N/N=C/c1ccccc1C(F)(F)F)C1CCCCC1. The second-order valence-corrected chi connectivity index (χ2v) is 5.15. The van der Waals surface area contributed by atoms with E-state index in [1.54, 1.807) is 0 Å². The predicted molar refractivity (Wildman–Crippen MR) is 73.8 cm³/mol. The van der Waals surface area contributed by atoms with E-state index in [4.69, 9.17) is 0 Å². The number of nitrogens with zero attached hydrogens (tertiary/aromatic N) is 1. The number of carbonyl (C=O) groups excluding carboxylic acids is 1. The molecule has 3 nitrogen and oxygen atoms in total. The molecule has 1 aromatic carbocycles. The van der Waals surface area contributed by atoms with Crippen molar-refractivity contribution in [3.8, 4) is 0 Å². The molecule has 114 valence electrons. The van der Waals surface area contributed by atoms with Crippen LogP contribution in [0.2, 0.25) is 0 Å². The van der Waals surface area contributed by atoms with Crippen LogP contribution in [0.15, 0.2) is 29.4 Å². The molecule has 0 atom stereocenters. The van der Waals surface area contributed by atoms with Crippen molar-refractivity contribution in [2.75, 3.05) is 0 Å². The highest BCUT2D eigenvalue weighted by Gasteiger charge is 2.32. The van der Waals surface area contributed by atoms with E-state index >= 15 is 0 Å². The Balaban J connectivity index is 2.00. The van der Waals surface area contributed by atoms with Gasteiger partial charge in [0, 0.05) is 11.5 Å². The standard InChI is InChI=1S/C15H17F3N2O/c16-15(17,18)13-9-5-4-8-12(13)10-19-20-14(21)11-6-2-1-3-7-11/h4-5,8-11H,1-3,6-7H2,(H,20,21)/b19-10+. The summed E-state index contributed by atoms with van der Waals surface area (Å²) < 4.78 is 38.3. The summed E-state index contributed by atoms with van der Waals surface area (Å²) in [6.45, 7) is 0. The molecule has 0 radical (unpaired) electrons. The molecule has 0 unspecified atom stereocenters. The molecule has 1 fully saturated rings. The fourth-order valence-corrected chi connectivity index (χ4v) is 2.49. The average Bonchev–Trinajstić information content (AvgIpc) is 2.47. The third-order valence-electron chi connectivity index (χ3n) is 3.62. The second kappa shape index (κ2) is 6.74. The maximum Gasteiger partial charge on any atom is 0.417 e. The predicted octanol–water partition coefficient (Wildman–Crippen LogP) is 3.74. The second-order valence-electron chi connectivity index (χ2n) is 5.15. The lowest BCUT2D eigenvalue weighted by Crippen LogP contribution is -2.28. The minimum absolute atomic E-state index is 0.0612. The molecule has 2 rings (SSSR count). The molecule has 0 aliphatic heterocycles. The van der Waals surface area contributed by atoms with Gasteiger partial charge in [0.2, 0.25) is 5.91 Å². The van der Waals surface area contributed by atoms with Gasteiger partial charge in [-0.15, -0.1) is 0 Å². The van der Waals surface area contributed by atoms with Crippen LogP contribution >= 0.6 is 0 Å². The number of hydrazone groups is 1. The fraction of sp³-hybridized carbons (Fsp3) is 0.467. The summed E-state index contributed by atoms with van der Waals surface area (Å²) in [4.78, 5) is 11.8. The van der Waals surface area contributed by atoms with Crippen molar-refractivity contribution < 1.29 is 18.0 Å². The normalized spacial score (nSPS) is 17.1.